The number of esters is 1. The van der Waals surface area contributed by atoms with Gasteiger partial charge in [0.05, 0.1) is 16.6 Å². The summed E-state index contributed by atoms with van der Waals surface area (Å²) in [7, 11) is 0. The summed E-state index contributed by atoms with van der Waals surface area (Å²) in [4.78, 5) is 25.0. The van der Waals surface area contributed by atoms with Crippen LogP contribution in [0.2, 0.25) is 5.02 Å². The summed E-state index contributed by atoms with van der Waals surface area (Å²) in [6.45, 7) is 1.47. The van der Waals surface area contributed by atoms with E-state index in [1.807, 2.05) is 60.7 Å². The van der Waals surface area contributed by atoms with E-state index >= 15 is 0 Å². The number of carbonyl (C=O) groups excluding carboxylic acids is 2. The lowest BCUT2D eigenvalue weighted by atomic mass is 9.98. The van der Waals surface area contributed by atoms with Gasteiger partial charge in [0.1, 0.15) is 5.82 Å². The second-order valence-electron chi connectivity index (χ2n) is 6.43. The average molecular weight is 412 g/mol. The van der Waals surface area contributed by atoms with Crippen LogP contribution in [0.3, 0.4) is 0 Å². The number of rotatable bonds is 6. The minimum atomic E-state index is -1.07. The van der Waals surface area contributed by atoms with Gasteiger partial charge in [0.15, 0.2) is 6.10 Å². The highest BCUT2D eigenvalue weighted by Gasteiger charge is 2.24. The molecule has 3 aromatic carbocycles. The number of carbonyl (C=O) groups is 2. The van der Waals surface area contributed by atoms with Crippen LogP contribution in [0.4, 0.5) is 4.39 Å². The summed E-state index contributed by atoms with van der Waals surface area (Å²) in [5.74, 6) is -1.83. The van der Waals surface area contributed by atoms with Crippen molar-refractivity contribution < 1.29 is 18.7 Å². The van der Waals surface area contributed by atoms with E-state index in [-0.39, 0.29) is 10.6 Å². The third-order valence-electron chi connectivity index (χ3n) is 4.36. The van der Waals surface area contributed by atoms with E-state index in [0.29, 0.717) is 0 Å². The van der Waals surface area contributed by atoms with Crippen molar-refractivity contribution in [3.05, 3.63) is 106 Å². The monoisotopic (exact) mass is 411 g/mol. The number of hydrogen-bond acceptors (Lipinski definition) is 3. The molecular formula is C23H19ClFNO3. The van der Waals surface area contributed by atoms with Crippen LogP contribution in [-0.2, 0) is 9.53 Å². The molecule has 0 radical (unpaired) electrons. The zero-order valence-corrected chi connectivity index (χ0v) is 16.4. The molecule has 0 aliphatic carbocycles. The Kier molecular flexibility index (Phi) is 6.62. The van der Waals surface area contributed by atoms with Gasteiger partial charge < -0.3 is 10.1 Å². The van der Waals surface area contributed by atoms with Gasteiger partial charge in [-0.1, -0.05) is 72.3 Å². The van der Waals surface area contributed by atoms with Gasteiger partial charge in [-0.3, -0.25) is 4.79 Å². The molecule has 0 fully saturated rings. The Hall–Kier alpha value is -3.18. The van der Waals surface area contributed by atoms with Crippen LogP contribution in [0.5, 0.6) is 0 Å². The Morgan fingerprint density at radius 2 is 1.48 bits per heavy atom. The second-order valence-corrected chi connectivity index (χ2v) is 6.84. The number of ether oxygens (including phenoxy) is 1. The standard InChI is InChI=1S/C23H19ClFNO3/c1-15(29-23(28)19-13-12-18(25)14-20(19)24)22(27)26-21(16-8-4-2-5-9-16)17-10-6-3-7-11-17/h2-15,21H,1H3,(H,26,27)/t15-/m1/s1. The van der Waals surface area contributed by atoms with Crippen molar-refractivity contribution in [1.82, 2.24) is 5.32 Å². The van der Waals surface area contributed by atoms with Crippen LogP contribution in [-0.4, -0.2) is 18.0 Å². The van der Waals surface area contributed by atoms with Gasteiger partial charge in [-0.15, -0.1) is 0 Å². The molecular weight excluding hydrogens is 393 g/mol. The summed E-state index contributed by atoms with van der Waals surface area (Å²) in [5, 5.41) is 2.85. The second kappa shape index (κ2) is 9.34. The molecule has 0 heterocycles. The van der Waals surface area contributed by atoms with E-state index in [0.717, 1.165) is 23.3 Å². The lowest BCUT2D eigenvalue weighted by Crippen LogP contribution is -2.38. The van der Waals surface area contributed by atoms with Crippen molar-refractivity contribution in [1.29, 1.82) is 0 Å². The van der Waals surface area contributed by atoms with E-state index in [4.69, 9.17) is 16.3 Å². The minimum absolute atomic E-state index is 0.00427. The third-order valence-corrected chi connectivity index (χ3v) is 4.67. The molecule has 3 rings (SSSR count). The molecule has 0 spiro atoms. The molecule has 0 aliphatic rings. The van der Waals surface area contributed by atoms with Crippen LogP contribution in [0.1, 0.15) is 34.5 Å². The molecule has 3 aromatic rings. The Bertz CT molecular complexity index is 956. The normalized spacial score (nSPS) is 11.7. The Labute approximate surface area is 173 Å². The lowest BCUT2D eigenvalue weighted by molar-refractivity contribution is -0.129. The van der Waals surface area contributed by atoms with Gasteiger partial charge in [-0.2, -0.15) is 0 Å². The lowest BCUT2D eigenvalue weighted by Gasteiger charge is -2.22. The minimum Gasteiger partial charge on any atom is -0.449 e. The summed E-state index contributed by atoms with van der Waals surface area (Å²) >= 11 is 5.89. The van der Waals surface area contributed by atoms with Gasteiger partial charge in [-0.25, -0.2) is 9.18 Å². The summed E-state index contributed by atoms with van der Waals surface area (Å²) in [5.41, 5.74) is 1.79. The molecule has 4 nitrogen and oxygen atoms in total. The molecule has 0 aromatic heterocycles. The van der Waals surface area contributed by atoms with Crippen molar-refractivity contribution in [3.8, 4) is 0 Å². The fourth-order valence-electron chi connectivity index (χ4n) is 2.84. The summed E-state index contributed by atoms with van der Waals surface area (Å²) in [6.07, 6.45) is -1.07. The highest BCUT2D eigenvalue weighted by atomic mass is 35.5. The van der Waals surface area contributed by atoms with Crippen molar-refractivity contribution in [2.45, 2.75) is 19.1 Å². The Morgan fingerprint density at radius 3 is 2.00 bits per heavy atom. The molecule has 148 valence electrons. The smallest absolute Gasteiger partial charge is 0.340 e. The molecule has 1 N–H and O–H groups in total. The van der Waals surface area contributed by atoms with Crippen LogP contribution in [0.15, 0.2) is 78.9 Å². The van der Waals surface area contributed by atoms with Crippen LogP contribution < -0.4 is 5.32 Å². The van der Waals surface area contributed by atoms with E-state index in [1.165, 1.54) is 13.0 Å². The number of amides is 1. The van der Waals surface area contributed by atoms with Crippen LogP contribution in [0.25, 0.3) is 0 Å². The van der Waals surface area contributed by atoms with Crippen LogP contribution in [0, 0.1) is 5.82 Å². The van der Waals surface area contributed by atoms with E-state index in [1.54, 1.807) is 0 Å². The quantitative estimate of drug-likeness (QED) is 0.585. The van der Waals surface area contributed by atoms with Crippen molar-refractivity contribution in [3.63, 3.8) is 0 Å². The average Bonchev–Trinajstić information content (AvgIpc) is 2.73. The molecule has 0 aliphatic heterocycles. The first-order chi connectivity index (χ1) is 14.0. The van der Waals surface area contributed by atoms with Crippen molar-refractivity contribution >= 4 is 23.5 Å². The molecule has 0 saturated heterocycles. The first kappa shape index (κ1) is 20.6. The van der Waals surface area contributed by atoms with Crippen LogP contribution >= 0.6 is 11.6 Å². The maximum Gasteiger partial charge on any atom is 0.340 e. The van der Waals surface area contributed by atoms with E-state index in [9.17, 15) is 14.0 Å². The van der Waals surface area contributed by atoms with Crippen molar-refractivity contribution in [2.24, 2.45) is 0 Å². The molecule has 0 unspecified atom stereocenters. The highest BCUT2D eigenvalue weighted by Crippen LogP contribution is 2.23. The number of hydrogen-bond donors (Lipinski definition) is 1. The molecule has 6 heteroatoms. The zero-order chi connectivity index (χ0) is 20.8. The Morgan fingerprint density at radius 1 is 0.931 bits per heavy atom. The fraction of sp³-hybridized carbons (Fsp3) is 0.130. The predicted octanol–water partition coefficient (Wildman–Crippen LogP) is 4.93. The summed E-state index contributed by atoms with van der Waals surface area (Å²) < 4.78 is 18.4. The SMILES string of the molecule is C[C@@H](OC(=O)c1ccc(F)cc1Cl)C(=O)NC(c1ccccc1)c1ccccc1. The van der Waals surface area contributed by atoms with Gasteiger partial charge in [-0.05, 0) is 36.2 Å². The van der Waals surface area contributed by atoms with Gasteiger partial charge in [0.2, 0.25) is 0 Å². The predicted molar refractivity (Wildman–Crippen MR) is 109 cm³/mol. The highest BCUT2D eigenvalue weighted by molar-refractivity contribution is 6.33. The number of nitrogens with one attached hydrogen (secondary N) is 1. The maximum absolute atomic E-state index is 13.2. The Balaban J connectivity index is 1.74. The molecule has 29 heavy (non-hydrogen) atoms. The molecule has 0 saturated carbocycles. The van der Waals surface area contributed by atoms with Gasteiger partial charge in [0.25, 0.3) is 5.91 Å². The van der Waals surface area contributed by atoms with E-state index in [2.05, 4.69) is 5.32 Å². The summed E-state index contributed by atoms with van der Waals surface area (Å²) in [6, 6.07) is 21.9. The number of halogens is 2. The largest absolute Gasteiger partial charge is 0.449 e. The fourth-order valence-corrected chi connectivity index (χ4v) is 3.09. The molecule has 1 amide bonds. The zero-order valence-electron chi connectivity index (χ0n) is 15.6. The first-order valence-corrected chi connectivity index (χ1v) is 9.40. The van der Waals surface area contributed by atoms with E-state index < -0.39 is 29.8 Å². The molecule has 1 atom stereocenters. The number of benzene rings is 3. The first-order valence-electron chi connectivity index (χ1n) is 9.02. The third kappa shape index (κ3) is 5.21. The van der Waals surface area contributed by atoms with Crippen molar-refractivity contribution in [2.75, 3.05) is 0 Å². The van der Waals surface area contributed by atoms with Gasteiger partial charge in [0, 0.05) is 0 Å². The topological polar surface area (TPSA) is 55.4 Å². The molecule has 0 bridgehead atoms. The van der Waals surface area contributed by atoms with Gasteiger partial charge >= 0.3 is 5.97 Å². The maximum atomic E-state index is 13.2.